The maximum absolute atomic E-state index is 13.9. The van der Waals surface area contributed by atoms with Crippen LogP contribution in [0.4, 0.5) is 19.0 Å². The smallest absolute Gasteiger partial charge is 0.417 e. The van der Waals surface area contributed by atoms with Crippen molar-refractivity contribution in [2.24, 2.45) is 23.7 Å². The quantitative estimate of drug-likeness (QED) is 0.130. The van der Waals surface area contributed by atoms with Gasteiger partial charge in [-0.2, -0.15) is 28.4 Å². The molecule has 0 amide bonds. The minimum absolute atomic E-state index is 0.0192. The summed E-state index contributed by atoms with van der Waals surface area (Å²) in [5.41, 5.74) is 2.36. The number of anilines is 1. The molecule has 0 bridgehead atoms. The second-order valence-electron chi connectivity index (χ2n) is 13.6. The van der Waals surface area contributed by atoms with Gasteiger partial charge in [0.15, 0.2) is 5.78 Å². The first-order chi connectivity index (χ1) is 23.4. The Morgan fingerprint density at radius 3 is 2.73 bits per heavy atom. The Morgan fingerprint density at radius 1 is 1.22 bits per heavy atom. The average molecular weight is 675 g/mol. The fourth-order valence-electron chi connectivity index (χ4n) is 7.08. The molecule has 1 fully saturated rings. The van der Waals surface area contributed by atoms with E-state index in [2.05, 4.69) is 36.3 Å². The number of ketones is 1. The van der Waals surface area contributed by atoms with Crippen molar-refractivity contribution in [2.45, 2.75) is 84.7 Å². The maximum Gasteiger partial charge on any atom is 0.417 e. The third-order valence-corrected chi connectivity index (χ3v) is 9.65. The van der Waals surface area contributed by atoms with E-state index >= 15 is 0 Å². The summed E-state index contributed by atoms with van der Waals surface area (Å²) in [6.07, 6.45) is 11.1. The van der Waals surface area contributed by atoms with Gasteiger partial charge in [0.05, 0.1) is 23.9 Å². The molecule has 49 heavy (non-hydrogen) atoms. The Labute approximate surface area is 289 Å². The van der Waals surface area contributed by atoms with Crippen LogP contribution in [0.3, 0.4) is 0 Å². The van der Waals surface area contributed by atoms with Crippen molar-refractivity contribution >= 4 is 17.7 Å². The van der Waals surface area contributed by atoms with Crippen molar-refractivity contribution in [1.82, 2.24) is 9.97 Å². The molecular formula is C40H49F3N4O2. The van der Waals surface area contributed by atoms with Crippen molar-refractivity contribution in [3.05, 3.63) is 89.2 Å². The summed E-state index contributed by atoms with van der Waals surface area (Å²) < 4.78 is 48.1. The molecule has 6 nitrogen and oxygen atoms in total. The fourth-order valence-corrected chi connectivity index (χ4v) is 7.08. The van der Waals surface area contributed by atoms with Gasteiger partial charge in [-0.1, -0.05) is 74.6 Å². The highest BCUT2D eigenvalue weighted by Crippen LogP contribution is 2.38. The third kappa shape index (κ3) is 10.4. The third-order valence-electron chi connectivity index (χ3n) is 9.65. The largest absolute Gasteiger partial charge is 0.463 e. The van der Waals surface area contributed by atoms with E-state index in [4.69, 9.17) is 14.7 Å². The summed E-state index contributed by atoms with van der Waals surface area (Å²) in [4.78, 5) is 24.1. The number of aryl methyl sites for hydroxylation is 1. The zero-order chi connectivity index (χ0) is 35.6. The molecule has 2 aromatic rings. The summed E-state index contributed by atoms with van der Waals surface area (Å²) in [6.45, 7) is 14.8. The number of hydrogen-bond acceptors (Lipinski definition) is 6. The van der Waals surface area contributed by atoms with Gasteiger partial charge in [-0.3, -0.25) is 4.79 Å². The first kappa shape index (κ1) is 37.6. The average Bonchev–Trinajstić information content (AvgIpc) is 3.50. The number of ether oxygens (including phenoxy) is 1. The lowest BCUT2D eigenvalue weighted by Crippen LogP contribution is -2.33. The molecule has 4 rings (SSSR count). The van der Waals surface area contributed by atoms with Gasteiger partial charge in [-0.25, -0.2) is 0 Å². The number of rotatable bonds is 16. The summed E-state index contributed by atoms with van der Waals surface area (Å²) in [5.74, 6) is 1.52. The number of halogens is 3. The lowest BCUT2D eigenvalue weighted by molar-refractivity contribution is -0.138. The molecule has 4 atom stereocenters. The lowest BCUT2D eigenvalue weighted by atomic mass is 9.86. The van der Waals surface area contributed by atoms with Crippen LogP contribution >= 0.6 is 0 Å². The molecule has 1 heterocycles. The van der Waals surface area contributed by atoms with Crippen molar-refractivity contribution in [3.63, 3.8) is 0 Å². The van der Waals surface area contributed by atoms with E-state index in [9.17, 15) is 23.2 Å². The number of nitriles is 1. The number of alkyl halides is 3. The van der Waals surface area contributed by atoms with E-state index < -0.39 is 11.7 Å². The van der Waals surface area contributed by atoms with Gasteiger partial charge in [0, 0.05) is 31.5 Å². The number of benzene rings is 1. The van der Waals surface area contributed by atoms with Crippen molar-refractivity contribution in [1.29, 1.82) is 5.26 Å². The number of nitrogens with zero attached hydrogens (tertiary/aromatic N) is 4. The van der Waals surface area contributed by atoms with E-state index in [1.54, 1.807) is 12.1 Å². The summed E-state index contributed by atoms with van der Waals surface area (Å²) in [7, 11) is 0. The number of hydrogen-bond donors (Lipinski definition) is 0. The predicted molar refractivity (Wildman–Crippen MR) is 189 cm³/mol. The Hall–Kier alpha value is -4.19. The van der Waals surface area contributed by atoms with Crippen LogP contribution in [0.1, 0.15) is 86.7 Å². The number of allylic oxidation sites excluding steroid dienone is 4. The van der Waals surface area contributed by atoms with E-state index in [-0.39, 0.29) is 35.2 Å². The van der Waals surface area contributed by atoms with Crippen molar-refractivity contribution in [2.75, 3.05) is 24.6 Å². The summed E-state index contributed by atoms with van der Waals surface area (Å²) >= 11 is 0. The van der Waals surface area contributed by atoms with E-state index in [1.165, 1.54) is 25.1 Å². The molecule has 1 saturated carbocycles. The van der Waals surface area contributed by atoms with Crippen molar-refractivity contribution in [3.8, 4) is 12.1 Å². The van der Waals surface area contributed by atoms with Crippen LogP contribution in [-0.4, -0.2) is 35.4 Å². The van der Waals surface area contributed by atoms with Gasteiger partial charge in [0.1, 0.15) is 5.82 Å². The van der Waals surface area contributed by atoms with Gasteiger partial charge >= 0.3 is 12.2 Å². The minimum Gasteiger partial charge on any atom is -0.463 e. The number of fused-ring (bicyclic) bond motifs is 1. The second-order valence-corrected chi connectivity index (χ2v) is 13.6. The number of carbonyl (C=O) groups excluding carboxylic acids is 1. The van der Waals surface area contributed by atoms with Crippen LogP contribution in [-0.2, 0) is 23.8 Å². The van der Waals surface area contributed by atoms with E-state index in [1.807, 2.05) is 19.9 Å². The molecular weight excluding hydrogens is 625 g/mol. The highest BCUT2D eigenvalue weighted by Gasteiger charge is 2.35. The van der Waals surface area contributed by atoms with Gasteiger partial charge in [0.25, 0.3) is 0 Å². The second kappa shape index (κ2) is 17.5. The first-order valence-electron chi connectivity index (χ1n) is 17.4. The van der Waals surface area contributed by atoms with E-state index in [0.29, 0.717) is 63.2 Å². The lowest BCUT2D eigenvalue weighted by Gasteiger charge is -2.32. The molecule has 0 aliphatic heterocycles. The van der Waals surface area contributed by atoms with Crippen molar-refractivity contribution < 1.29 is 22.7 Å². The van der Waals surface area contributed by atoms with Gasteiger partial charge in [-0.15, -0.1) is 0 Å². The molecule has 0 spiro atoms. The van der Waals surface area contributed by atoms with Crippen LogP contribution in [0.25, 0.3) is 6.08 Å². The number of aromatic nitrogens is 2. The maximum atomic E-state index is 13.9. The molecule has 2 unspecified atom stereocenters. The van der Waals surface area contributed by atoms with Crippen LogP contribution in [0.2, 0.25) is 0 Å². The first-order valence-corrected chi connectivity index (χ1v) is 17.4. The molecule has 1 aromatic heterocycles. The summed E-state index contributed by atoms with van der Waals surface area (Å²) in [6, 6.07) is 7.21. The standard InChI is InChI=1S/C40H49F3N4O2/c1-6-10-31-12-9-14-33(31)26-49-39-45-36-24-30(15-17-32-13-8-11-29(5)37(32)40(41,42)43)16-18-35(36)38(46-39)47(25-28(4)19-21-44)22-20-27(3)23-34(48)7-2/h6-8,10-11,13,15,17,28,30-31,33H,2-3,9,12,14,16,18-20,22-26H2,1,4-5H3/b10-6+,17-15+/t28-,30?,31?,33-/m0/s1. The molecule has 0 radical (unpaired) electrons. The number of carbonyl (C=O) groups is 1. The van der Waals surface area contributed by atoms with Crippen LogP contribution in [0.15, 0.2) is 61.2 Å². The van der Waals surface area contributed by atoms with E-state index in [0.717, 1.165) is 48.3 Å². The zero-order valence-corrected chi connectivity index (χ0v) is 29.1. The molecule has 0 N–H and O–H groups in total. The van der Waals surface area contributed by atoms with Crippen LogP contribution < -0.4 is 9.64 Å². The van der Waals surface area contributed by atoms with Crippen LogP contribution in [0, 0.1) is 41.9 Å². The monoisotopic (exact) mass is 674 g/mol. The molecule has 1 aromatic carbocycles. The Bertz CT molecular complexity index is 1590. The normalized spacial score (nSPS) is 19.8. The topological polar surface area (TPSA) is 79.1 Å². The minimum atomic E-state index is -4.44. The zero-order valence-electron chi connectivity index (χ0n) is 29.1. The molecule has 9 heteroatoms. The fraction of sp³-hybridized carbons (Fsp3) is 0.500. The molecule has 2 aliphatic rings. The Kier molecular flexibility index (Phi) is 13.4. The SMILES string of the molecule is C=CC(=O)CC(=C)CCN(C[C@@H](C)CC#N)c1nc(OC[C@@H]2CCCC2/C=C/C)nc2c1CCC(/C=C/c1cccc(C)c1C(F)(F)F)C2. The highest BCUT2D eigenvalue weighted by atomic mass is 19.4. The Morgan fingerprint density at radius 2 is 2.02 bits per heavy atom. The van der Waals surface area contributed by atoms with Crippen LogP contribution in [0.5, 0.6) is 6.01 Å². The van der Waals surface area contributed by atoms with Gasteiger partial charge in [-0.05, 0) is 93.2 Å². The Balaban J connectivity index is 1.67. The molecule has 0 saturated heterocycles. The van der Waals surface area contributed by atoms with Gasteiger partial charge in [0.2, 0.25) is 0 Å². The predicted octanol–water partition coefficient (Wildman–Crippen LogP) is 9.44. The summed E-state index contributed by atoms with van der Waals surface area (Å²) in [5, 5.41) is 9.42. The highest BCUT2D eigenvalue weighted by molar-refractivity contribution is 5.90. The molecule has 262 valence electrons. The van der Waals surface area contributed by atoms with Gasteiger partial charge < -0.3 is 9.64 Å². The molecule has 2 aliphatic carbocycles.